The lowest BCUT2D eigenvalue weighted by molar-refractivity contribution is -0.114. The molecule has 1 aromatic heterocycles. The molecule has 3 aromatic rings. The van der Waals surface area contributed by atoms with Crippen molar-refractivity contribution in [3.8, 4) is 5.75 Å². The molecule has 0 aliphatic carbocycles. The third-order valence-electron chi connectivity index (χ3n) is 4.45. The zero-order valence-electron chi connectivity index (χ0n) is 14.9. The number of hydrogen-bond donors (Lipinski definition) is 1. The maximum Gasteiger partial charge on any atom is 0.186 e. The number of rotatable bonds is 4. The number of Topliss-reactive ketones (excluding diaryl/α,β-unsaturated/α-hetero) is 1. The van der Waals surface area contributed by atoms with Crippen molar-refractivity contribution in [2.75, 3.05) is 7.11 Å². The van der Waals surface area contributed by atoms with Gasteiger partial charge in [-0.05, 0) is 29.3 Å². The highest BCUT2D eigenvalue weighted by Crippen LogP contribution is 2.43. The van der Waals surface area contributed by atoms with Gasteiger partial charge in [-0.25, -0.2) is 0 Å². The fourth-order valence-corrected chi connectivity index (χ4v) is 5.01. The normalized spacial score (nSPS) is 18.6. The lowest BCUT2D eigenvalue weighted by Crippen LogP contribution is -2.11. The second-order valence-electron chi connectivity index (χ2n) is 6.06. The lowest BCUT2D eigenvalue weighted by atomic mass is 10.0. The summed E-state index contributed by atoms with van der Waals surface area (Å²) in [5.41, 5.74) is 0.853. The third-order valence-corrected chi connectivity index (χ3v) is 6.57. The van der Waals surface area contributed by atoms with Crippen LogP contribution in [0.2, 0.25) is 0 Å². The number of nitrogens with zero attached hydrogens (tertiary/aromatic N) is 2. The van der Waals surface area contributed by atoms with Gasteiger partial charge >= 0.3 is 0 Å². The van der Waals surface area contributed by atoms with Crippen LogP contribution in [0.3, 0.4) is 0 Å². The summed E-state index contributed by atoms with van der Waals surface area (Å²) in [6.45, 7) is 2.00. The van der Waals surface area contributed by atoms with E-state index in [1.165, 1.54) is 23.1 Å². The van der Waals surface area contributed by atoms with Gasteiger partial charge in [-0.2, -0.15) is 0 Å². The molecule has 1 atom stereocenters. The SMILES string of the molecule is CCc1nnc(C2C(=N)SC(=Cc3c(OC)ccc4ccccc34)C2=O)s1. The Kier molecular flexibility index (Phi) is 4.80. The molecule has 1 N–H and O–H groups in total. The number of allylic oxidation sites excluding steroid dienone is 1. The van der Waals surface area contributed by atoms with Crippen molar-refractivity contribution in [1.29, 1.82) is 5.41 Å². The Morgan fingerprint density at radius 3 is 2.78 bits per heavy atom. The summed E-state index contributed by atoms with van der Waals surface area (Å²) in [7, 11) is 1.62. The Bertz CT molecular complexity index is 1090. The highest BCUT2D eigenvalue weighted by molar-refractivity contribution is 8.19. The van der Waals surface area contributed by atoms with Gasteiger partial charge < -0.3 is 4.74 Å². The predicted octanol–water partition coefficient (Wildman–Crippen LogP) is 4.68. The smallest absolute Gasteiger partial charge is 0.186 e. The molecule has 27 heavy (non-hydrogen) atoms. The van der Waals surface area contributed by atoms with Gasteiger partial charge in [0.1, 0.15) is 21.7 Å². The zero-order chi connectivity index (χ0) is 19.0. The minimum absolute atomic E-state index is 0.0983. The van der Waals surface area contributed by atoms with E-state index in [4.69, 9.17) is 10.1 Å². The Morgan fingerprint density at radius 2 is 2.04 bits per heavy atom. The van der Waals surface area contributed by atoms with Crippen LogP contribution in [0.5, 0.6) is 5.75 Å². The topological polar surface area (TPSA) is 75.9 Å². The summed E-state index contributed by atoms with van der Waals surface area (Å²) in [6.07, 6.45) is 2.61. The van der Waals surface area contributed by atoms with Crippen molar-refractivity contribution in [1.82, 2.24) is 10.2 Å². The fraction of sp³-hybridized carbons (Fsp3) is 0.200. The number of hydrogen-bond acceptors (Lipinski definition) is 7. The minimum atomic E-state index is -0.639. The fourth-order valence-electron chi connectivity index (χ4n) is 3.07. The summed E-state index contributed by atoms with van der Waals surface area (Å²) < 4.78 is 5.52. The molecule has 1 unspecified atom stereocenters. The van der Waals surface area contributed by atoms with Gasteiger partial charge in [-0.15, -0.1) is 21.5 Å². The molecular weight excluding hydrogens is 378 g/mol. The average Bonchev–Trinajstić information content (AvgIpc) is 3.26. The number of aromatic nitrogens is 2. The first-order chi connectivity index (χ1) is 13.1. The van der Waals surface area contributed by atoms with Crippen LogP contribution in [0.4, 0.5) is 0 Å². The number of methoxy groups -OCH3 is 1. The highest BCUT2D eigenvalue weighted by Gasteiger charge is 2.39. The van der Waals surface area contributed by atoms with Crippen LogP contribution in [0, 0.1) is 5.41 Å². The average molecular weight is 396 g/mol. The summed E-state index contributed by atoms with van der Waals surface area (Å²) in [5.74, 6) is -0.0347. The molecule has 1 aliphatic heterocycles. The molecule has 0 bridgehead atoms. The van der Waals surface area contributed by atoms with Crippen LogP contribution in [-0.2, 0) is 11.2 Å². The van der Waals surface area contributed by atoms with Gasteiger partial charge in [0, 0.05) is 5.56 Å². The molecule has 2 aromatic carbocycles. The summed E-state index contributed by atoms with van der Waals surface area (Å²) >= 11 is 2.60. The first-order valence-corrected chi connectivity index (χ1v) is 10.2. The Morgan fingerprint density at radius 1 is 1.22 bits per heavy atom. The first kappa shape index (κ1) is 17.9. The van der Waals surface area contributed by atoms with E-state index >= 15 is 0 Å². The maximum absolute atomic E-state index is 13.0. The quantitative estimate of drug-likeness (QED) is 0.649. The largest absolute Gasteiger partial charge is 0.496 e. The summed E-state index contributed by atoms with van der Waals surface area (Å²) in [5, 5.41) is 20.4. The predicted molar refractivity (Wildman–Crippen MR) is 111 cm³/mol. The molecule has 1 saturated heterocycles. The molecule has 2 heterocycles. The van der Waals surface area contributed by atoms with Crippen molar-refractivity contribution < 1.29 is 9.53 Å². The molecule has 0 spiro atoms. The number of ether oxygens (including phenoxy) is 1. The molecule has 136 valence electrons. The van der Waals surface area contributed by atoms with Crippen LogP contribution in [0.25, 0.3) is 16.8 Å². The molecule has 0 amide bonds. The van der Waals surface area contributed by atoms with Crippen LogP contribution in [0.1, 0.15) is 28.4 Å². The van der Waals surface area contributed by atoms with Gasteiger partial charge in [-0.1, -0.05) is 49.0 Å². The highest BCUT2D eigenvalue weighted by atomic mass is 32.2. The van der Waals surface area contributed by atoms with Gasteiger partial charge in [-0.3, -0.25) is 10.2 Å². The van der Waals surface area contributed by atoms with E-state index in [1.54, 1.807) is 7.11 Å². The number of fused-ring (bicyclic) bond motifs is 1. The standard InChI is InChI=1S/C20H17N3O2S2/c1-3-16-22-23-20(27-16)17-18(24)15(26-19(17)21)10-13-12-7-5-4-6-11(12)8-9-14(13)25-2/h4-10,17,21H,3H2,1-2H3. The van der Waals surface area contributed by atoms with Crippen molar-refractivity contribution in [3.63, 3.8) is 0 Å². The first-order valence-electron chi connectivity index (χ1n) is 8.52. The second kappa shape index (κ2) is 7.25. The van der Waals surface area contributed by atoms with Gasteiger partial charge in [0.05, 0.1) is 17.1 Å². The van der Waals surface area contributed by atoms with Gasteiger partial charge in [0.25, 0.3) is 0 Å². The van der Waals surface area contributed by atoms with Crippen molar-refractivity contribution in [2.45, 2.75) is 19.3 Å². The summed E-state index contributed by atoms with van der Waals surface area (Å²) in [4.78, 5) is 13.6. The van der Waals surface area contributed by atoms with E-state index in [-0.39, 0.29) is 5.78 Å². The number of carbonyl (C=O) groups excluding carboxylic acids is 1. The minimum Gasteiger partial charge on any atom is -0.496 e. The molecule has 0 saturated carbocycles. The van der Waals surface area contributed by atoms with E-state index < -0.39 is 5.92 Å². The van der Waals surface area contributed by atoms with Gasteiger partial charge in [0.15, 0.2) is 5.78 Å². The van der Waals surface area contributed by atoms with Crippen molar-refractivity contribution in [3.05, 3.63) is 56.9 Å². The molecule has 5 nitrogen and oxygen atoms in total. The second-order valence-corrected chi connectivity index (χ2v) is 8.24. The number of aryl methyl sites for hydroxylation is 1. The van der Waals surface area contributed by atoms with Crippen molar-refractivity contribution >= 4 is 50.8 Å². The Hall–Kier alpha value is -2.51. The Balaban J connectivity index is 1.78. The van der Waals surface area contributed by atoms with Crippen molar-refractivity contribution in [2.24, 2.45) is 0 Å². The maximum atomic E-state index is 13.0. The van der Waals surface area contributed by atoms with Crippen LogP contribution in [-0.4, -0.2) is 28.1 Å². The Labute approximate surface area is 165 Å². The monoisotopic (exact) mass is 395 g/mol. The van der Waals surface area contributed by atoms with E-state index in [9.17, 15) is 4.79 Å². The van der Waals surface area contributed by atoms with Crippen LogP contribution in [0.15, 0.2) is 41.3 Å². The van der Waals surface area contributed by atoms with Crippen LogP contribution >= 0.6 is 23.1 Å². The molecule has 1 fully saturated rings. The van der Waals surface area contributed by atoms with E-state index in [0.29, 0.717) is 20.7 Å². The van der Waals surface area contributed by atoms with E-state index in [1.807, 2.05) is 49.4 Å². The van der Waals surface area contributed by atoms with E-state index in [2.05, 4.69) is 10.2 Å². The van der Waals surface area contributed by atoms with Crippen LogP contribution < -0.4 is 4.74 Å². The molecule has 4 rings (SSSR count). The molecule has 0 radical (unpaired) electrons. The number of nitrogens with one attached hydrogen (secondary N) is 1. The number of carbonyl (C=O) groups is 1. The number of thioether (sulfide) groups is 1. The molecular formula is C20H17N3O2S2. The lowest BCUT2D eigenvalue weighted by Gasteiger charge is -2.09. The molecule has 7 heteroatoms. The molecule has 1 aliphatic rings. The number of ketones is 1. The summed E-state index contributed by atoms with van der Waals surface area (Å²) in [6, 6.07) is 11.9. The zero-order valence-corrected chi connectivity index (χ0v) is 16.5. The third kappa shape index (κ3) is 3.17. The number of benzene rings is 2. The van der Waals surface area contributed by atoms with E-state index in [0.717, 1.165) is 27.8 Å². The van der Waals surface area contributed by atoms with Gasteiger partial charge in [0.2, 0.25) is 0 Å².